The van der Waals surface area contributed by atoms with E-state index in [9.17, 15) is 9.59 Å². The van der Waals surface area contributed by atoms with Crippen LogP contribution in [0.25, 0.3) is 0 Å². The maximum absolute atomic E-state index is 12.1. The Hall–Kier alpha value is -2.28. The Morgan fingerprint density at radius 1 is 1.30 bits per heavy atom. The van der Waals surface area contributed by atoms with Crippen molar-refractivity contribution in [2.45, 2.75) is 18.9 Å². The van der Waals surface area contributed by atoms with E-state index in [2.05, 4.69) is 0 Å². The van der Waals surface area contributed by atoms with Gasteiger partial charge in [0, 0.05) is 13.0 Å². The van der Waals surface area contributed by atoms with Crippen LogP contribution in [-0.4, -0.2) is 61.4 Å². The van der Waals surface area contributed by atoms with Gasteiger partial charge in [0.1, 0.15) is 11.5 Å². The number of benzene rings is 1. The Morgan fingerprint density at radius 3 is 2.65 bits per heavy atom. The summed E-state index contributed by atoms with van der Waals surface area (Å²) in [6.45, 7) is 1.21. The molecule has 1 aliphatic heterocycles. The van der Waals surface area contributed by atoms with Gasteiger partial charge in [-0.05, 0) is 30.7 Å². The van der Waals surface area contributed by atoms with Crippen LogP contribution in [0.4, 0.5) is 0 Å². The highest BCUT2D eigenvalue weighted by atomic mass is 16.5. The van der Waals surface area contributed by atoms with Crippen LogP contribution >= 0.6 is 0 Å². The maximum atomic E-state index is 12.1. The average molecular weight is 323 g/mol. The van der Waals surface area contributed by atoms with Crippen molar-refractivity contribution in [1.29, 1.82) is 0 Å². The molecule has 1 fully saturated rings. The second-order valence-electron chi connectivity index (χ2n) is 5.16. The van der Waals surface area contributed by atoms with E-state index in [1.807, 2.05) is 0 Å². The average Bonchev–Trinajstić information content (AvgIpc) is 2.59. The lowest BCUT2D eigenvalue weighted by Crippen LogP contribution is -2.48. The fraction of sp³-hybridized carbons (Fsp3) is 0.500. The first-order valence-corrected chi connectivity index (χ1v) is 7.49. The van der Waals surface area contributed by atoms with E-state index < -0.39 is 12.1 Å². The van der Waals surface area contributed by atoms with E-state index in [1.54, 1.807) is 31.4 Å². The topological polar surface area (TPSA) is 85.3 Å². The number of amides is 1. The zero-order valence-corrected chi connectivity index (χ0v) is 13.1. The van der Waals surface area contributed by atoms with Crippen LogP contribution < -0.4 is 9.47 Å². The summed E-state index contributed by atoms with van der Waals surface area (Å²) in [7, 11) is 1.60. The van der Waals surface area contributed by atoms with Gasteiger partial charge in [-0.25, -0.2) is 4.79 Å². The van der Waals surface area contributed by atoms with Gasteiger partial charge >= 0.3 is 5.97 Å². The lowest BCUT2D eigenvalue weighted by atomic mass is 10.2. The van der Waals surface area contributed by atoms with Gasteiger partial charge < -0.3 is 24.2 Å². The van der Waals surface area contributed by atoms with E-state index in [4.69, 9.17) is 19.3 Å². The summed E-state index contributed by atoms with van der Waals surface area (Å²) in [5, 5.41) is 8.92. The molecule has 1 saturated heterocycles. The number of carbonyl (C=O) groups excluding carboxylic acids is 1. The molecule has 1 atom stereocenters. The number of carboxylic acids is 1. The summed E-state index contributed by atoms with van der Waals surface area (Å²) in [6, 6.07) is 7.22. The predicted octanol–water partition coefficient (Wildman–Crippen LogP) is 1.17. The Kier molecular flexibility index (Phi) is 6.22. The van der Waals surface area contributed by atoms with Crippen LogP contribution in [-0.2, 0) is 14.3 Å². The summed E-state index contributed by atoms with van der Waals surface area (Å²) in [4.78, 5) is 24.5. The molecule has 1 aliphatic rings. The third-order valence-corrected chi connectivity index (χ3v) is 3.56. The fourth-order valence-corrected chi connectivity index (χ4v) is 2.27. The SMILES string of the molecule is COc1ccc(OCCCC(=O)N2CCOC(C(=O)O)C2)cc1. The van der Waals surface area contributed by atoms with E-state index in [-0.39, 0.29) is 19.1 Å². The summed E-state index contributed by atoms with van der Waals surface area (Å²) in [5.74, 6) is 0.367. The van der Waals surface area contributed by atoms with Gasteiger partial charge in [0.2, 0.25) is 5.91 Å². The number of carbonyl (C=O) groups is 2. The molecule has 1 unspecified atom stereocenters. The lowest BCUT2D eigenvalue weighted by Gasteiger charge is -2.30. The monoisotopic (exact) mass is 323 g/mol. The maximum Gasteiger partial charge on any atom is 0.334 e. The molecule has 1 heterocycles. The highest BCUT2D eigenvalue weighted by molar-refractivity contribution is 5.78. The molecule has 0 radical (unpaired) electrons. The molecule has 0 aromatic heterocycles. The molecular weight excluding hydrogens is 302 g/mol. The number of nitrogens with zero attached hydrogens (tertiary/aromatic N) is 1. The van der Waals surface area contributed by atoms with Gasteiger partial charge in [-0.15, -0.1) is 0 Å². The van der Waals surface area contributed by atoms with Gasteiger partial charge in [0.05, 0.1) is 26.9 Å². The van der Waals surface area contributed by atoms with Crippen molar-refractivity contribution in [3.63, 3.8) is 0 Å². The Morgan fingerprint density at radius 2 is 2.00 bits per heavy atom. The molecule has 126 valence electrons. The van der Waals surface area contributed by atoms with Gasteiger partial charge in [-0.2, -0.15) is 0 Å². The summed E-state index contributed by atoms with van der Waals surface area (Å²) < 4.78 is 15.7. The smallest absolute Gasteiger partial charge is 0.334 e. The van der Waals surface area contributed by atoms with E-state index >= 15 is 0 Å². The molecule has 2 rings (SSSR count). The predicted molar refractivity (Wildman–Crippen MR) is 81.7 cm³/mol. The third-order valence-electron chi connectivity index (χ3n) is 3.56. The molecule has 7 nitrogen and oxygen atoms in total. The largest absolute Gasteiger partial charge is 0.497 e. The molecule has 7 heteroatoms. The van der Waals surface area contributed by atoms with Crippen LogP contribution in [0.3, 0.4) is 0 Å². The summed E-state index contributed by atoms with van der Waals surface area (Å²) in [6.07, 6.45) is -0.0362. The number of ether oxygens (including phenoxy) is 3. The minimum Gasteiger partial charge on any atom is -0.497 e. The summed E-state index contributed by atoms with van der Waals surface area (Å²) in [5.41, 5.74) is 0. The highest BCUT2D eigenvalue weighted by Crippen LogP contribution is 2.17. The van der Waals surface area contributed by atoms with Gasteiger partial charge in [0.15, 0.2) is 6.10 Å². The standard InChI is InChI=1S/C16H21NO6/c1-21-12-4-6-13(7-5-12)22-9-2-3-15(18)17-8-10-23-14(11-17)16(19)20/h4-7,14H,2-3,8-11H2,1H3,(H,19,20). The minimum absolute atomic E-state index is 0.0714. The van der Waals surface area contributed by atoms with Crippen LogP contribution in [0.2, 0.25) is 0 Å². The Labute approximate surface area is 134 Å². The number of aliphatic carboxylic acids is 1. The minimum atomic E-state index is -1.04. The van der Waals surface area contributed by atoms with Crippen LogP contribution in [0.15, 0.2) is 24.3 Å². The number of hydrogen-bond acceptors (Lipinski definition) is 5. The van der Waals surface area contributed by atoms with Crippen LogP contribution in [0, 0.1) is 0 Å². The highest BCUT2D eigenvalue weighted by Gasteiger charge is 2.28. The number of methoxy groups -OCH3 is 1. The van der Waals surface area contributed by atoms with Crippen molar-refractivity contribution in [2.75, 3.05) is 33.4 Å². The van der Waals surface area contributed by atoms with Crippen molar-refractivity contribution in [2.24, 2.45) is 0 Å². The normalized spacial score (nSPS) is 17.6. The molecule has 0 spiro atoms. The number of morpholine rings is 1. The summed E-state index contributed by atoms with van der Waals surface area (Å²) >= 11 is 0. The molecule has 1 aromatic carbocycles. The molecule has 1 amide bonds. The van der Waals surface area contributed by atoms with E-state index in [0.29, 0.717) is 26.0 Å². The Balaban J connectivity index is 1.68. The second kappa shape index (κ2) is 8.38. The lowest BCUT2D eigenvalue weighted by molar-refractivity contribution is -0.159. The molecule has 0 bridgehead atoms. The number of rotatable bonds is 7. The van der Waals surface area contributed by atoms with Gasteiger partial charge in [0.25, 0.3) is 0 Å². The first kappa shape index (κ1) is 17.1. The van der Waals surface area contributed by atoms with Crippen molar-refractivity contribution < 1.29 is 28.9 Å². The number of carboxylic acid groups (broad SMARTS) is 1. The van der Waals surface area contributed by atoms with E-state index in [0.717, 1.165) is 11.5 Å². The van der Waals surface area contributed by atoms with Crippen molar-refractivity contribution in [1.82, 2.24) is 4.90 Å². The van der Waals surface area contributed by atoms with E-state index in [1.165, 1.54) is 4.90 Å². The first-order chi connectivity index (χ1) is 11.1. The van der Waals surface area contributed by atoms with Crippen molar-refractivity contribution in [3.8, 4) is 11.5 Å². The quantitative estimate of drug-likeness (QED) is 0.758. The molecule has 1 aromatic rings. The third kappa shape index (κ3) is 5.14. The van der Waals surface area contributed by atoms with Crippen LogP contribution in [0.1, 0.15) is 12.8 Å². The van der Waals surface area contributed by atoms with Crippen LogP contribution in [0.5, 0.6) is 11.5 Å². The molecular formula is C16H21NO6. The number of hydrogen-bond donors (Lipinski definition) is 1. The Bertz CT molecular complexity index is 530. The first-order valence-electron chi connectivity index (χ1n) is 7.49. The van der Waals surface area contributed by atoms with Gasteiger partial charge in [-0.1, -0.05) is 0 Å². The molecule has 0 saturated carbocycles. The molecule has 23 heavy (non-hydrogen) atoms. The van der Waals surface area contributed by atoms with Crippen molar-refractivity contribution >= 4 is 11.9 Å². The van der Waals surface area contributed by atoms with Crippen molar-refractivity contribution in [3.05, 3.63) is 24.3 Å². The zero-order valence-electron chi connectivity index (χ0n) is 13.1. The fourth-order valence-electron chi connectivity index (χ4n) is 2.27. The molecule has 0 aliphatic carbocycles. The zero-order chi connectivity index (χ0) is 16.7. The van der Waals surface area contributed by atoms with Gasteiger partial charge in [-0.3, -0.25) is 4.79 Å². The molecule has 1 N–H and O–H groups in total. The second-order valence-corrected chi connectivity index (χ2v) is 5.16.